The zero-order valence-electron chi connectivity index (χ0n) is 13.3. The van der Waals surface area contributed by atoms with Crippen molar-refractivity contribution in [3.8, 4) is 0 Å². The van der Waals surface area contributed by atoms with Crippen molar-refractivity contribution >= 4 is 31.5 Å². The van der Waals surface area contributed by atoms with Crippen LogP contribution in [0.1, 0.15) is 25.0 Å². The molecule has 2 unspecified atom stereocenters. The van der Waals surface area contributed by atoms with E-state index in [2.05, 4.69) is 81.5 Å². The van der Waals surface area contributed by atoms with Crippen LogP contribution in [0.15, 0.2) is 60.7 Å². The van der Waals surface area contributed by atoms with E-state index in [1.54, 1.807) is 0 Å². The number of hydrogen-bond donors (Lipinski definition) is 0. The van der Waals surface area contributed by atoms with Crippen molar-refractivity contribution in [2.75, 3.05) is 0 Å². The molecule has 0 N–H and O–H groups in total. The van der Waals surface area contributed by atoms with Gasteiger partial charge in [0.05, 0.1) is 0 Å². The van der Waals surface area contributed by atoms with Crippen molar-refractivity contribution < 1.29 is 0 Å². The second-order valence-electron chi connectivity index (χ2n) is 6.54. The average molecular weight is 304 g/mol. The topological polar surface area (TPSA) is 0 Å². The van der Waals surface area contributed by atoms with Crippen LogP contribution in [0.25, 0.3) is 20.2 Å². The molecule has 3 aromatic rings. The van der Waals surface area contributed by atoms with Gasteiger partial charge in [-0.05, 0) is 36.1 Å². The lowest BCUT2D eigenvalue weighted by molar-refractivity contribution is 0.459. The molecule has 1 heteroatoms. The van der Waals surface area contributed by atoms with E-state index in [-0.39, 0.29) is 5.41 Å². The van der Waals surface area contributed by atoms with Crippen LogP contribution in [0.5, 0.6) is 0 Å². The lowest BCUT2D eigenvalue weighted by Crippen LogP contribution is -2.29. The maximum atomic E-state index is 2.38. The number of hydrogen-bond acceptors (Lipinski definition) is 1. The summed E-state index contributed by atoms with van der Waals surface area (Å²) in [5, 5.41) is 2.85. The van der Waals surface area contributed by atoms with E-state index in [1.165, 1.54) is 31.3 Å². The molecule has 0 saturated carbocycles. The second kappa shape index (κ2) is 4.82. The van der Waals surface area contributed by atoms with Gasteiger partial charge in [-0.3, -0.25) is 0 Å². The third kappa shape index (κ3) is 1.82. The third-order valence-corrected chi connectivity index (χ3v) is 6.33. The molecule has 0 bridgehead atoms. The molecule has 0 radical (unpaired) electrons. The molecule has 110 valence electrons. The van der Waals surface area contributed by atoms with E-state index in [0.29, 0.717) is 5.92 Å². The van der Waals surface area contributed by atoms with Gasteiger partial charge >= 0.3 is 0 Å². The van der Waals surface area contributed by atoms with E-state index in [0.717, 1.165) is 0 Å². The minimum Gasteiger partial charge on any atom is -0.135 e. The smallest absolute Gasteiger partial charge is 0.0358 e. The normalized spacial score (nSPS) is 24.4. The molecule has 0 saturated heterocycles. The number of rotatable bonds is 1. The van der Waals surface area contributed by atoms with Crippen LogP contribution in [0.4, 0.5) is 0 Å². The molecule has 2 aromatic carbocycles. The Morgan fingerprint density at radius 2 is 1.82 bits per heavy atom. The van der Waals surface area contributed by atoms with Crippen molar-refractivity contribution in [1.29, 1.82) is 0 Å². The molecule has 0 amide bonds. The van der Waals surface area contributed by atoms with Crippen LogP contribution in [-0.2, 0) is 5.41 Å². The molecular weight excluding hydrogens is 284 g/mol. The van der Waals surface area contributed by atoms with Crippen molar-refractivity contribution in [2.45, 2.75) is 26.2 Å². The lowest BCUT2D eigenvalue weighted by atomic mass is 9.68. The molecule has 4 rings (SSSR count). The largest absolute Gasteiger partial charge is 0.135 e. The molecular formula is C21H20S. The monoisotopic (exact) mass is 304 g/mol. The summed E-state index contributed by atoms with van der Waals surface area (Å²) in [5.74, 6) is 0.500. The first-order valence-corrected chi connectivity index (χ1v) is 8.70. The third-order valence-electron chi connectivity index (χ3n) is 5.19. The van der Waals surface area contributed by atoms with Crippen LogP contribution in [0.2, 0.25) is 0 Å². The minimum atomic E-state index is 0.0577. The summed E-state index contributed by atoms with van der Waals surface area (Å²) < 4.78 is 2.79. The van der Waals surface area contributed by atoms with Crippen LogP contribution in [0, 0.1) is 12.8 Å². The first-order chi connectivity index (χ1) is 10.6. The summed E-state index contributed by atoms with van der Waals surface area (Å²) in [4.78, 5) is 0. The van der Waals surface area contributed by atoms with Gasteiger partial charge in [-0.1, -0.05) is 62.4 Å². The predicted molar refractivity (Wildman–Crippen MR) is 98.9 cm³/mol. The predicted octanol–water partition coefficient (Wildman–Crippen LogP) is 6.38. The summed E-state index contributed by atoms with van der Waals surface area (Å²) in [5.41, 5.74) is 2.95. The van der Waals surface area contributed by atoms with Crippen molar-refractivity contribution in [3.05, 3.63) is 71.8 Å². The fourth-order valence-electron chi connectivity index (χ4n) is 3.76. The van der Waals surface area contributed by atoms with Crippen LogP contribution >= 0.6 is 11.3 Å². The van der Waals surface area contributed by atoms with Crippen LogP contribution < -0.4 is 0 Å². The molecule has 0 fully saturated rings. The fraction of sp³-hybridized carbons (Fsp3) is 0.238. The summed E-state index contributed by atoms with van der Waals surface area (Å²) in [6.45, 7) is 6.96. The van der Waals surface area contributed by atoms with Gasteiger partial charge in [0.25, 0.3) is 0 Å². The van der Waals surface area contributed by atoms with E-state index in [1.807, 2.05) is 11.3 Å². The molecule has 1 aliphatic carbocycles. The Bertz CT molecular complexity index is 926. The molecule has 1 aromatic heterocycles. The van der Waals surface area contributed by atoms with Crippen molar-refractivity contribution in [1.82, 2.24) is 0 Å². The second-order valence-corrected chi connectivity index (χ2v) is 7.63. The highest BCUT2D eigenvalue weighted by Crippen LogP contribution is 2.46. The van der Waals surface area contributed by atoms with E-state index in [4.69, 9.17) is 0 Å². The quantitative estimate of drug-likeness (QED) is 0.489. The zero-order valence-corrected chi connectivity index (χ0v) is 14.1. The summed E-state index contributed by atoms with van der Waals surface area (Å²) >= 11 is 1.91. The maximum Gasteiger partial charge on any atom is 0.0358 e. The van der Waals surface area contributed by atoms with Gasteiger partial charge in [-0.15, -0.1) is 11.3 Å². The first-order valence-electron chi connectivity index (χ1n) is 7.88. The minimum absolute atomic E-state index is 0.0577. The van der Waals surface area contributed by atoms with Crippen LogP contribution in [0.3, 0.4) is 0 Å². The Morgan fingerprint density at radius 3 is 2.64 bits per heavy atom. The Labute approximate surface area is 135 Å². The molecule has 1 heterocycles. The molecule has 0 spiro atoms. The number of benzene rings is 2. The number of fused-ring (bicyclic) bond motifs is 3. The van der Waals surface area contributed by atoms with Crippen LogP contribution in [-0.4, -0.2) is 0 Å². The average Bonchev–Trinajstić information content (AvgIpc) is 2.89. The van der Waals surface area contributed by atoms with E-state index < -0.39 is 0 Å². The number of thiophene rings is 1. The SMILES string of the molecule is Cc1ccc2sc3ccccc3c2c1C1(C)C=CC=CC1C. The Kier molecular flexibility index (Phi) is 3.02. The number of aryl methyl sites for hydroxylation is 1. The molecule has 1 aliphatic rings. The highest BCUT2D eigenvalue weighted by molar-refractivity contribution is 7.25. The Balaban J connectivity index is 2.15. The van der Waals surface area contributed by atoms with Gasteiger partial charge in [0.15, 0.2) is 0 Å². The maximum absolute atomic E-state index is 2.38. The fourth-order valence-corrected chi connectivity index (χ4v) is 4.88. The summed E-state index contributed by atoms with van der Waals surface area (Å²) in [6, 6.07) is 13.4. The van der Waals surface area contributed by atoms with Gasteiger partial charge in [0.2, 0.25) is 0 Å². The lowest BCUT2D eigenvalue weighted by Gasteiger charge is -2.35. The number of allylic oxidation sites excluding steroid dienone is 4. The first kappa shape index (κ1) is 13.8. The molecule has 2 atom stereocenters. The molecule has 22 heavy (non-hydrogen) atoms. The van der Waals surface area contributed by atoms with Gasteiger partial charge in [-0.2, -0.15) is 0 Å². The van der Waals surface area contributed by atoms with E-state index >= 15 is 0 Å². The Morgan fingerprint density at radius 1 is 1.00 bits per heavy atom. The van der Waals surface area contributed by atoms with Gasteiger partial charge in [0, 0.05) is 25.6 Å². The molecule has 0 aliphatic heterocycles. The van der Waals surface area contributed by atoms with Crippen molar-refractivity contribution in [2.24, 2.45) is 5.92 Å². The van der Waals surface area contributed by atoms with Gasteiger partial charge < -0.3 is 0 Å². The van der Waals surface area contributed by atoms with E-state index in [9.17, 15) is 0 Å². The Hall–Kier alpha value is -1.86. The van der Waals surface area contributed by atoms with Crippen molar-refractivity contribution in [3.63, 3.8) is 0 Å². The standard InChI is InChI=1S/C21H20S/c1-14-11-12-18-19(16-9-4-5-10-17(16)22-18)20(14)21(3)13-7-6-8-15(21)2/h4-13,15H,1-3H3. The van der Waals surface area contributed by atoms with Gasteiger partial charge in [-0.25, -0.2) is 0 Å². The summed E-state index contributed by atoms with van der Waals surface area (Å²) in [7, 11) is 0. The highest BCUT2D eigenvalue weighted by Gasteiger charge is 2.33. The summed E-state index contributed by atoms with van der Waals surface area (Å²) in [6.07, 6.45) is 9.08. The highest BCUT2D eigenvalue weighted by atomic mass is 32.1. The molecule has 0 nitrogen and oxygen atoms in total. The zero-order chi connectivity index (χ0) is 15.3. The van der Waals surface area contributed by atoms with Gasteiger partial charge in [0.1, 0.15) is 0 Å².